The Kier molecular flexibility index (Phi) is 4.29. The second kappa shape index (κ2) is 6.53. The van der Waals surface area contributed by atoms with Crippen molar-refractivity contribution >= 4 is 28.7 Å². The van der Waals surface area contributed by atoms with Gasteiger partial charge in [-0.25, -0.2) is 0 Å². The molecule has 0 radical (unpaired) electrons. The predicted molar refractivity (Wildman–Crippen MR) is 98.0 cm³/mol. The Morgan fingerprint density at radius 3 is 2.52 bits per heavy atom. The molecule has 23 heavy (non-hydrogen) atoms. The van der Waals surface area contributed by atoms with Crippen molar-refractivity contribution in [3.8, 4) is 5.75 Å². The van der Waals surface area contributed by atoms with Crippen LogP contribution in [-0.2, 0) is 0 Å². The van der Waals surface area contributed by atoms with Crippen LogP contribution in [0.3, 0.4) is 0 Å². The van der Waals surface area contributed by atoms with Crippen molar-refractivity contribution in [2.24, 2.45) is 0 Å². The van der Waals surface area contributed by atoms with Gasteiger partial charge in [-0.05, 0) is 29.8 Å². The van der Waals surface area contributed by atoms with Gasteiger partial charge in [-0.1, -0.05) is 30.4 Å². The number of ether oxygens (including phenoxy) is 1. The zero-order chi connectivity index (χ0) is 16.2. The lowest BCUT2D eigenvalue weighted by Crippen LogP contribution is -2.08. The summed E-state index contributed by atoms with van der Waals surface area (Å²) in [5.41, 5.74) is 4.33. The van der Waals surface area contributed by atoms with Crippen molar-refractivity contribution in [3.05, 3.63) is 65.9 Å². The van der Waals surface area contributed by atoms with E-state index in [2.05, 4.69) is 40.2 Å². The van der Waals surface area contributed by atoms with Gasteiger partial charge in [-0.2, -0.15) is 0 Å². The maximum atomic E-state index is 5.52. The first-order valence-electron chi connectivity index (χ1n) is 7.56. The lowest BCUT2D eigenvalue weighted by molar-refractivity contribution is 0.414. The summed E-state index contributed by atoms with van der Waals surface area (Å²) in [6, 6.07) is 16.4. The molecule has 0 N–H and O–H groups in total. The van der Waals surface area contributed by atoms with Gasteiger partial charge in [0.05, 0.1) is 12.6 Å². The first-order valence-corrected chi connectivity index (χ1v) is 7.56. The van der Waals surface area contributed by atoms with E-state index in [0.29, 0.717) is 0 Å². The van der Waals surface area contributed by atoms with Crippen LogP contribution in [0.25, 0.3) is 23.1 Å². The molecule has 0 aliphatic carbocycles. The van der Waals surface area contributed by atoms with Crippen LogP contribution in [0.2, 0.25) is 0 Å². The Hall–Kier alpha value is -2.81. The molecule has 3 aromatic rings. The normalized spacial score (nSPS) is 11.1. The summed E-state index contributed by atoms with van der Waals surface area (Å²) < 4.78 is 5.52. The Balaban J connectivity index is 1.99. The minimum atomic E-state index is 0.866. The maximum absolute atomic E-state index is 5.52. The number of hydrogen-bond donors (Lipinski definition) is 0. The lowest BCUT2D eigenvalue weighted by atomic mass is 10.1. The van der Waals surface area contributed by atoms with E-state index >= 15 is 0 Å². The number of hydrogen-bond acceptors (Lipinski definition) is 3. The van der Waals surface area contributed by atoms with Gasteiger partial charge in [-0.15, -0.1) is 0 Å². The zero-order valence-electron chi connectivity index (χ0n) is 13.7. The SMILES string of the molecule is COc1cc(N(C)C)ccc1/C=C\c1ccnc2ccccc12. The number of fused-ring (bicyclic) bond motifs is 1. The van der Waals surface area contributed by atoms with Gasteiger partial charge in [-0.3, -0.25) is 4.98 Å². The number of benzene rings is 2. The Bertz CT molecular complexity index is 848. The predicted octanol–water partition coefficient (Wildman–Crippen LogP) is 4.48. The summed E-state index contributed by atoms with van der Waals surface area (Å²) in [5.74, 6) is 0.866. The van der Waals surface area contributed by atoms with Crippen LogP contribution in [-0.4, -0.2) is 26.2 Å². The quantitative estimate of drug-likeness (QED) is 0.710. The highest BCUT2D eigenvalue weighted by Gasteiger charge is 2.04. The lowest BCUT2D eigenvalue weighted by Gasteiger charge is -2.14. The summed E-state index contributed by atoms with van der Waals surface area (Å²) in [5, 5.41) is 1.15. The number of pyridine rings is 1. The van der Waals surface area contributed by atoms with Crippen molar-refractivity contribution in [1.82, 2.24) is 4.98 Å². The Labute approximate surface area is 136 Å². The van der Waals surface area contributed by atoms with Crippen molar-refractivity contribution in [2.75, 3.05) is 26.1 Å². The summed E-state index contributed by atoms with van der Waals surface area (Å²) >= 11 is 0. The van der Waals surface area contributed by atoms with Crippen LogP contribution in [0, 0.1) is 0 Å². The summed E-state index contributed by atoms with van der Waals surface area (Å²) in [6.45, 7) is 0. The van der Waals surface area contributed by atoms with Gasteiger partial charge in [0.2, 0.25) is 0 Å². The van der Waals surface area contributed by atoms with E-state index in [1.54, 1.807) is 7.11 Å². The van der Waals surface area contributed by atoms with Crippen molar-refractivity contribution in [3.63, 3.8) is 0 Å². The smallest absolute Gasteiger partial charge is 0.128 e. The fraction of sp³-hybridized carbons (Fsp3) is 0.150. The second-order valence-corrected chi connectivity index (χ2v) is 5.57. The number of nitrogens with zero attached hydrogens (tertiary/aromatic N) is 2. The van der Waals surface area contributed by atoms with E-state index in [1.807, 2.05) is 50.6 Å². The molecule has 2 aromatic carbocycles. The number of rotatable bonds is 4. The first kappa shape index (κ1) is 15.1. The van der Waals surface area contributed by atoms with Crippen molar-refractivity contribution in [2.45, 2.75) is 0 Å². The van der Waals surface area contributed by atoms with E-state index in [0.717, 1.165) is 33.5 Å². The molecule has 116 valence electrons. The van der Waals surface area contributed by atoms with Gasteiger partial charge in [0.1, 0.15) is 5.75 Å². The molecule has 0 amide bonds. The summed E-state index contributed by atoms with van der Waals surface area (Å²) in [6.07, 6.45) is 6.03. The Morgan fingerprint density at radius 1 is 0.957 bits per heavy atom. The third-order valence-electron chi connectivity index (χ3n) is 3.86. The van der Waals surface area contributed by atoms with Crippen molar-refractivity contribution in [1.29, 1.82) is 0 Å². The molecule has 1 heterocycles. The van der Waals surface area contributed by atoms with Crippen molar-refractivity contribution < 1.29 is 4.74 Å². The largest absolute Gasteiger partial charge is 0.496 e. The minimum Gasteiger partial charge on any atom is -0.496 e. The molecule has 0 fully saturated rings. The molecule has 3 rings (SSSR count). The van der Waals surface area contributed by atoms with Gasteiger partial charge in [0, 0.05) is 43.0 Å². The fourth-order valence-corrected chi connectivity index (χ4v) is 2.56. The molecule has 3 heteroatoms. The number of aromatic nitrogens is 1. The number of para-hydroxylation sites is 1. The van der Waals surface area contributed by atoms with Crippen LogP contribution in [0.15, 0.2) is 54.7 Å². The molecule has 0 bridgehead atoms. The summed E-state index contributed by atoms with van der Waals surface area (Å²) in [4.78, 5) is 6.46. The third-order valence-corrected chi connectivity index (χ3v) is 3.86. The van der Waals surface area contributed by atoms with Gasteiger partial charge in [0.25, 0.3) is 0 Å². The molecular formula is C20H20N2O. The molecule has 1 aromatic heterocycles. The van der Waals surface area contributed by atoms with Crippen LogP contribution in [0.5, 0.6) is 5.75 Å². The van der Waals surface area contributed by atoms with Gasteiger partial charge >= 0.3 is 0 Å². The minimum absolute atomic E-state index is 0.866. The molecule has 0 saturated carbocycles. The van der Waals surface area contributed by atoms with Crippen LogP contribution in [0.4, 0.5) is 5.69 Å². The number of methoxy groups -OCH3 is 1. The van der Waals surface area contributed by atoms with E-state index in [4.69, 9.17) is 4.74 Å². The van der Waals surface area contributed by atoms with E-state index in [-0.39, 0.29) is 0 Å². The monoisotopic (exact) mass is 304 g/mol. The summed E-state index contributed by atoms with van der Waals surface area (Å²) in [7, 11) is 5.74. The molecule has 3 nitrogen and oxygen atoms in total. The average molecular weight is 304 g/mol. The standard InChI is InChI=1S/C20H20N2O/c1-22(2)17-11-10-16(20(14-17)23-3)9-8-15-12-13-21-19-7-5-4-6-18(15)19/h4-14H,1-3H3/b9-8-. The second-order valence-electron chi connectivity index (χ2n) is 5.57. The highest BCUT2D eigenvalue weighted by molar-refractivity contribution is 5.90. The fourth-order valence-electron chi connectivity index (χ4n) is 2.56. The molecule has 0 unspecified atom stereocenters. The molecule has 0 aliphatic heterocycles. The maximum Gasteiger partial charge on any atom is 0.128 e. The Morgan fingerprint density at radius 2 is 1.74 bits per heavy atom. The van der Waals surface area contributed by atoms with Gasteiger partial charge in [0.15, 0.2) is 0 Å². The highest BCUT2D eigenvalue weighted by atomic mass is 16.5. The average Bonchev–Trinajstić information content (AvgIpc) is 2.59. The molecular weight excluding hydrogens is 284 g/mol. The van der Waals surface area contributed by atoms with Crippen LogP contribution < -0.4 is 9.64 Å². The third kappa shape index (κ3) is 3.19. The molecule has 0 saturated heterocycles. The molecule has 0 atom stereocenters. The topological polar surface area (TPSA) is 25.4 Å². The van der Waals surface area contributed by atoms with Crippen LogP contribution in [0.1, 0.15) is 11.1 Å². The first-order chi connectivity index (χ1) is 11.2. The van der Waals surface area contributed by atoms with E-state index < -0.39 is 0 Å². The molecule has 0 aliphatic rings. The highest BCUT2D eigenvalue weighted by Crippen LogP contribution is 2.27. The van der Waals surface area contributed by atoms with Gasteiger partial charge < -0.3 is 9.64 Å². The van der Waals surface area contributed by atoms with Crippen LogP contribution >= 0.6 is 0 Å². The van der Waals surface area contributed by atoms with E-state index in [9.17, 15) is 0 Å². The zero-order valence-corrected chi connectivity index (χ0v) is 13.7. The van der Waals surface area contributed by atoms with E-state index in [1.165, 1.54) is 0 Å². The number of anilines is 1. The molecule has 0 spiro atoms.